The van der Waals surface area contributed by atoms with E-state index in [9.17, 15) is 0 Å². The lowest BCUT2D eigenvalue weighted by molar-refractivity contribution is 0.138. The number of aliphatic imine (C=N–C) groups is 1. The van der Waals surface area contributed by atoms with Gasteiger partial charge in [-0.25, -0.2) is 0 Å². The van der Waals surface area contributed by atoms with E-state index in [4.69, 9.17) is 0 Å². The molecular formula is C21H35BrIN5. The molecule has 0 spiro atoms. The average molecular weight is 564 g/mol. The van der Waals surface area contributed by atoms with Gasteiger partial charge >= 0.3 is 0 Å². The normalized spacial score (nSPS) is 22.8. The van der Waals surface area contributed by atoms with Crippen molar-refractivity contribution in [1.82, 2.24) is 20.0 Å². The van der Waals surface area contributed by atoms with Crippen molar-refractivity contribution in [2.24, 2.45) is 10.9 Å². The first-order chi connectivity index (χ1) is 13.1. The van der Waals surface area contributed by atoms with Gasteiger partial charge in [-0.1, -0.05) is 35.0 Å². The van der Waals surface area contributed by atoms with Crippen LogP contribution in [0.1, 0.15) is 31.9 Å². The van der Waals surface area contributed by atoms with Crippen LogP contribution in [0.3, 0.4) is 0 Å². The van der Waals surface area contributed by atoms with Gasteiger partial charge in [0.2, 0.25) is 0 Å². The Hall–Kier alpha value is -0.380. The van der Waals surface area contributed by atoms with E-state index in [-0.39, 0.29) is 24.0 Å². The summed E-state index contributed by atoms with van der Waals surface area (Å²) in [4.78, 5) is 12.1. The molecule has 2 heterocycles. The second kappa shape index (κ2) is 11.7. The number of hydrogen-bond acceptors (Lipinski definition) is 3. The van der Waals surface area contributed by atoms with Crippen molar-refractivity contribution in [3.8, 4) is 0 Å². The number of likely N-dealkylation sites (tertiary alicyclic amines) is 1. The Morgan fingerprint density at radius 2 is 1.86 bits per heavy atom. The van der Waals surface area contributed by atoms with Gasteiger partial charge in [0.25, 0.3) is 0 Å². The number of guanidine groups is 1. The van der Waals surface area contributed by atoms with Crippen LogP contribution in [-0.4, -0.2) is 80.1 Å². The van der Waals surface area contributed by atoms with Crippen LogP contribution in [0.2, 0.25) is 0 Å². The van der Waals surface area contributed by atoms with Crippen LogP contribution in [0, 0.1) is 5.92 Å². The Bertz CT molecular complexity index is 616. The zero-order valence-electron chi connectivity index (χ0n) is 17.4. The van der Waals surface area contributed by atoms with Crippen molar-refractivity contribution in [2.75, 3.05) is 59.4 Å². The van der Waals surface area contributed by atoms with Crippen LogP contribution >= 0.6 is 39.9 Å². The summed E-state index contributed by atoms with van der Waals surface area (Å²) < 4.78 is 1.14. The van der Waals surface area contributed by atoms with Crippen molar-refractivity contribution in [3.05, 3.63) is 34.3 Å². The molecule has 28 heavy (non-hydrogen) atoms. The fourth-order valence-electron chi connectivity index (χ4n) is 4.21. The number of piperazine rings is 1. The van der Waals surface area contributed by atoms with Crippen LogP contribution in [0.4, 0.5) is 0 Å². The minimum atomic E-state index is 0. The SMILES string of the molecule is CCN1CCC(CNC(=NC)N2CCN(C(C)c3ccc(Br)cc3)CC2)C1.I. The highest BCUT2D eigenvalue weighted by Gasteiger charge is 2.25. The van der Waals surface area contributed by atoms with Crippen molar-refractivity contribution in [2.45, 2.75) is 26.3 Å². The molecule has 1 N–H and O–H groups in total. The third-order valence-corrected chi connectivity index (χ3v) is 6.62. The zero-order valence-corrected chi connectivity index (χ0v) is 21.3. The molecule has 0 saturated carbocycles. The minimum Gasteiger partial charge on any atom is -0.356 e. The third-order valence-electron chi connectivity index (χ3n) is 6.09. The Morgan fingerprint density at radius 3 is 2.43 bits per heavy atom. The van der Waals surface area contributed by atoms with Crippen LogP contribution in [0.15, 0.2) is 33.7 Å². The predicted octanol–water partition coefficient (Wildman–Crippen LogP) is 3.66. The van der Waals surface area contributed by atoms with Gasteiger partial charge in [0, 0.05) is 56.8 Å². The number of benzene rings is 1. The van der Waals surface area contributed by atoms with E-state index in [1.807, 2.05) is 7.05 Å². The van der Waals surface area contributed by atoms with Crippen LogP contribution < -0.4 is 5.32 Å². The number of halogens is 2. The standard InChI is InChI=1S/C21H34BrN5.HI/c1-4-25-10-9-18(16-25)15-24-21(23-3)27-13-11-26(12-14-27)17(2)19-5-7-20(22)8-6-19;/h5-8,17-18H,4,9-16H2,1-3H3,(H,23,24);1H. The monoisotopic (exact) mass is 563 g/mol. The summed E-state index contributed by atoms with van der Waals surface area (Å²) in [6, 6.07) is 9.17. The molecule has 0 aromatic heterocycles. The first-order valence-corrected chi connectivity index (χ1v) is 11.1. The molecule has 3 rings (SSSR count). The highest BCUT2D eigenvalue weighted by atomic mass is 127. The van der Waals surface area contributed by atoms with E-state index >= 15 is 0 Å². The number of nitrogens with zero attached hydrogens (tertiary/aromatic N) is 4. The molecule has 0 radical (unpaired) electrons. The summed E-state index contributed by atoms with van der Waals surface area (Å²) in [6.45, 7) is 13.5. The van der Waals surface area contributed by atoms with Gasteiger partial charge in [0.1, 0.15) is 0 Å². The summed E-state index contributed by atoms with van der Waals surface area (Å²) in [5, 5.41) is 3.63. The minimum absolute atomic E-state index is 0. The van der Waals surface area contributed by atoms with E-state index in [1.54, 1.807) is 0 Å². The summed E-state index contributed by atoms with van der Waals surface area (Å²) >= 11 is 3.53. The molecular weight excluding hydrogens is 529 g/mol. The van der Waals surface area contributed by atoms with E-state index in [2.05, 4.69) is 79.1 Å². The summed E-state index contributed by atoms with van der Waals surface area (Å²) in [5.41, 5.74) is 1.39. The van der Waals surface area contributed by atoms with Gasteiger partial charge in [0.05, 0.1) is 0 Å². The maximum absolute atomic E-state index is 4.54. The molecule has 1 aromatic carbocycles. The molecule has 1 aromatic rings. The maximum atomic E-state index is 4.54. The van der Waals surface area contributed by atoms with E-state index < -0.39 is 0 Å². The zero-order chi connectivity index (χ0) is 19.2. The van der Waals surface area contributed by atoms with Crippen molar-refractivity contribution < 1.29 is 0 Å². The van der Waals surface area contributed by atoms with Gasteiger partial charge in [-0.15, -0.1) is 24.0 Å². The fraction of sp³-hybridized carbons (Fsp3) is 0.667. The molecule has 2 aliphatic rings. The van der Waals surface area contributed by atoms with E-state index in [0.29, 0.717) is 6.04 Å². The smallest absolute Gasteiger partial charge is 0.193 e. The first kappa shape index (κ1) is 23.9. The molecule has 0 amide bonds. The second-order valence-electron chi connectivity index (χ2n) is 7.73. The third kappa shape index (κ3) is 6.31. The summed E-state index contributed by atoms with van der Waals surface area (Å²) in [6.07, 6.45) is 1.30. The number of rotatable bonds is 5. The number of hydrogen-bond donors (Lipinski definition) is 1. The Kier molecular flexibility index (Phi) is 10.00. The predicted molar refractivity (Wildman–Crippen MR) is 133 cm³/mol. The van der Waals surface area contributed by atoms with Gasteiger partial charge in [-0.2, -0.15) is 0 Å². The number of nitrogens with one attached hydrogen (secondary N) is 1. The Balaban J connectivity index is 0.00000280. The van der Waals surface area contributed by atoms with Gasteiger partial charge in [-0.05, 0) is 50.0 Å². The second-order valence-corrected chi connectivity index (χ2v) is 8.64. The fourth-order valence-corrected chi connectivity index (χ4v) is 4.47. The molecule has 158 valence electrons. The lowest BCUT2D eigenvalue weighted by Crippen LogP contribution is -2.53. The summed E-state index contributed by atoms with van der Waals surface area (Å²) in [7, 11) is 1.91. The van der Waals surface area contributed by atoms with Crippen molar-refractivity contribution in [3.63, 3.8) is 0 Å². The Labute approximate surface area is 196 Å². The van der Waals surface area contributed by atoms with Gasteiger partial charge in [-0.3, -0.25) is 9.89 Å². The highest BCUT2D eigenvalue weighted by molar-refractivity contribution is 14.0. The van der Waals surface area contributed by atoms with E-state index in [0.717, 1.165) is 49.1 Å². The highest BCUT2D eigenvalue weighted by Crippen LogP contribution is 2.23. The molecule has 0 aliphatic carbocycles. The van der Waals surface area contributed by atoms with Gasteiger partial charge in [0.15, 0.2) is 5.96 Å². The first-order valence-electron chi connectivity index (χ1n) is 10.3. The Morgan fingerprint density at radius 1 is 1.18 bits per heavy atom. The van der Waals surface area contributed by atoms with Crippen LogP contribution in [0.5, 0.6) is 0 Å². The molecule has 2 aliphatic heterocycles. The lowest BCUT2D eigenvalue weighted by Gasteiger charge is -2.39. The molecule has 7 heteroatoms. The molecule has 2 unspecified atom stereocenters. The van der Waals surface area contributed by atoms with Crippen LogP contribution in [-0.2, 0) is 0 Å². The maximum Gasteiger partial charge on any atom is 0.193 e. The molecule has 0 bridgehead atoms. The van der Waals surface area contributed by atoms with Crippen molar-refractivity contribution >= 4 is 45.9 Å². The largest absolute Gasteiger partial charge is 0.356 e. The van der Waals surface area contributed by atoms with Crippen LogP contribution in [0.25, 0.3) is 0 Å². The molecule has 2 atom stereocenters. The van der Waals surface area contributed by atoms with Crippen molar-refractivity contribution in [1.29, 1.82) is 0 Å². The van der Waals surface area contributed by atoms with Gasteiger partial charge < -0.3 is 15.1 Å². The van der Waals surface area contributed by atoms with E-state index in [1.165, 1.54) is 31.6 Å². The average Bonchev–Trinajstić information content (AvgIpc) is 3.17. The molecule has 2 saturated heterocycles. The topological polar surface area (TPSA) is 34.1 Å². The quantitative estimate of drug-likeness (QED) is 0.337. The molecule has 5 nitrogen and oxygen atoms in total. The molecule has 2 fully saturated rings. The summed E-state index contributed by atoms with van der Waals surface area (Å²) in [5.74, 6) is 1.82. The lowest BCUT2D eigenvalue weighted by atomic mass is 10.1.